The van der Waals surface area contributed by atoms with Crippen LogP contribution >= 0.6 is 0 Å². The van der Waals surface area contributed by atoms with Crippen LogP contribution in [-0.2, 0) is 19.1 Å². The van der Waals surface area contributed by atoms with E-state index in [4.69, 9.17) is 4.74 Å². The van der Waals surface area contributed by atoms with Crippen molar-refractivity contribution >= 4 is 29.4 Å². The van der Waals surface area contributed by atoms with Crippen molar-refractivity contribution in [1.29, 1.82) is 0 Å². The van der Waals surface area contributed by atoms with Crippen LogP contribution in [0.25, 0.3) is 0 Å². The van der Waals surface area contributed by atoms with Crippen molar-refractivity contribution in [2.24, 2.45) is 0 Å². The predicted octanol–water partition coefficient (Wildman–Crippen LogP) is 1.34. The van der Waals surface area contributed by atoms with Gasteiger partial charge in [0.1, 0.15) is 0 Å². The van der Waals surface area contributed by atoms with Crippen LogP contribution in [0.15, 0.2) is 24.3 Å². The van der Waals surface area contributed by atoms with Crippen molar-refractivity contribution in [2.75, 3.05) is 31.6 Å². The van der Waals surface area contributed by atoms with Crippen molar-refractivity contribution in [2.45, 2.75) is 39.2 Å². The lowest BCUT2D eigenvalue weighted by Gasteiger charge is -2.23. The molecule has 0 aliphatic carbocycles. The van der Waals surface area contributed by atoms with Crippen molar-refractivity contribution in [3.8, 4) is 0 Å². The van der Waals surface area contributed by atoms with Crippen LogP contribution in [0.1, 0.15) is 44.0 Å². The number of likely N-dealkylation sites (N-methyl/N-ethyl adjacent to an activating group) is 1. The maximum absolute atomic E-state index is 12.3. The molecule has 1 N–H and O–H groups in total. The Balaban J connectivity index is 1.88. The summed E-state index contributed by atoms with van der Waals surface area (Å²) in [5, 5.41) is 2.76. The Morgan fingerprint density at radius 2 is 1.96 bits per heavy atom. The summed E-state index contributed by atoms with van der Waals surface area (Å²) in [6.07, 6.45) is 1.29. The zero-order valence-corrected chi connectivity index (χ0v) is 16.8. The zero-order valence-electron chi connectivity index (χ0n) is 16.8. The average molecular weight is 389 g/mol. The van der Waals surface area contributed by atoms with E-state index < -0.39 is 24.0 Å². The zero-order chi connectivity index (χ0) is 20.9. The van der Waals surface area contributed by atoms with Gasteiger partial charge in [0.05, 0.1) is 12.1 Å². The van der Waals surface area contributed by atoms with Crippen LogP contribution < -0.4 is 10.2 Å². The molecule has 1 aromatic carbocycles. The highest BCUT2D eigenvalue weighted by Crippen LogP contribution is 2.22. The largest absolute Gasteiger partial charge is 0.452 e. The van der Waals surface area contributed by atoms with Crippen molar-refractivity contribution in [1.82, 2.24) is 10.2 Å². The van der Waals surface area contributed by atoms with Crippen molar-refractivity contribution in [3.05, 3.63) is 29.8 Å². The minimum atomic E-state index is -0.658. The summed E-state index contributed by atoms with van der Waals surface area (Å²) < 4.78 is 5.07. The first-order chi connectivity index (χ1) is 13.1. The van der Waals surface area contributed by atoms with Gasteiger partial charge < -0.3 is 19.9 Å². The molecule has 1 aliphatic rings. The molecular formula is C20H27N3O5. The van der Waals surface area contributed by atoms with Gasteiger partial charge in [-0.25, -0.2) is 4.79 Å². The number of nitrogens with zero attached hydrogens (tertiary/aromatic N) is 2. The molecule has 1 fully saturated rings. The number of amides is 3. The van der Waals surface area contributed by atoms with Gasteiger partial charge in [0.25, 0.3) is 5.91 Å². The molecule has 0 aromatic heterocycles. The first-order valence-corrected chi connectivity index (χ1v) is 9.19. The number of hydrogen-bond donors (Lipinski definition) is 1. The maximum Gasteiger partial charge on any atom is 0.338 e. The van der Waals surface area contributed by atoms with Gasteiger partial charge in [-0.3, -0.25) is 14.4 Å². The molecule has 0 bridgehead atoms. The van der Waals surface area contributed by atoms with E-state index in [2.05, 4.69) is 5.32 Å². The quantitative estimate of drug-likeness (QED) is 0.741. The van der Waals surface area contributed by atoms with E-state index >= 15 is 0 Å². The molecule has 0 saturated carbocycles. The molecule has 28 heavy (non-hydrogen) atoms. The molecule has 8 heteroatoms. The molecule has 0 spiro atoms. The lowest BCUT2D eigenvalue weighted by atomic mass is 10.1. The summed E-state index contributed by atoms with van der Waals surface area (Å²) in [7, 11) is 1.47. The number of esters is 1. The topological polar surface area (TPSA) is 96.0 Å². The van der Waals surface area contributed by atoms with Gasteiger partial charge in [-0.15, -0.1) is 0 Å². The molecule has 2 rings (SSSR count). The molecule has 1 aliphatic heterocycles. The third kappa shape index (κ3) is 6.07. The second-order valence-corrected chi connectivity index (χ2v) is 7.82. The fourth-order valence-electron chi connectivity index (χ4n) is 2.80. The van der Waals surface area contributed by atoms with Gasteiger partial charge in [0, 0.05) is 31.2 Å². The van der Waals surface area contributed by atoms with Crippen molar-refractivity contribution in [3.63, 3.8) is 0 Å². The number of anilines is 1. The van der Waals surface area contributed by atoms with Crippen LogP contribution in [0.2, 0.25) is 0 Å². The van der Waals surface area contributed by atoms with E-state index in [-0.39, 0.29) is 23.9 Å². The summed E-state index contributed by atoms with van der Waals surface area (Å²) in [5.41, 5.74) is 0.507. The number of benzene rings is 1. The molecule has 3 amide bonds. The first kappa shape index (κ1) is 21.4. The third-order valence-corrected chi connectivity index (χ3v) is 4.11. The molecule has 1 aromatic rings. The maximum atomic E-state index is 12.3. The Kier molecular flexibility index (Phi) is 6.77. The lowest BCUT2D eigenvalue weighted by molar-refractivity contribution is -0.137. The SMILES string of the molecule is CN(CC(=O)NC(C)(C)C)C(=O)COC(=O)c1cccc(N2CCCC2=O)c1. The Bertz CT molecular complexity index is 769. The number of rotatable bonds is 6. The van der Waals surface area contributed by atoms with Crippen LogP contribution in [-0.4, -0.2) is 60.9 Å². The summed E-state index contributed by atoms with van der Waals surface area (Å²) >= 11 is 0. The molecule has 152 valence electrons. The molecule has 0 unspecified atom stereocenters. The Morgan fingerprint density at radius 3 is 2.57 bits per heavy atom. The normalized spacial score (nSPS) is 14.0. The Hall–Kier alpha value is -2.90. The lowest BCUT2D eigenvalue weighted by Crippen LogP contribution is -2.46. The van der Waals surface area contributed by atoms with Crippen LogP contribution in [0.3, 0.4) is 0 Å². The van der Waals surface area contributed by atoms with E-state index in [1.54, 1.807) is 29.2 Å². The summed E-state index contributed by atoms with van der Waals surface area (Å²) in [6.45, 7) is 5.57. The fraction of sp³-hybridized carbons (Fsp3) is 0.500. The van der Waals surface area contributed by atoms with Gasteiger partial charge in [-0.05, 0) is 45.4 Å². The van der Waals surface area contributed by atoms with Gasteiger partial charge in [-0.1, -0.05) is 6.07 Å². The van der Waals surface area contributed by atoms with E-state index in [0.29, 0.717) is 18.7 Å². The molecular weight excluding hydrogens is 362 g/mol. The highest BCUT2D eigenvalue weighted by molar-refractivity contribution is 5.98. The highest BCUT2D eigenvalue weighted by Gasteiger charge is 2.23. The second kappa shape index (κ2) is 8.86. The molecule has 0 radical (unpaired) electrons. The summed E-state index contributed by atoms with van der Waals surface area (Å²) in [6, 6.07) is 6.57. The van der Waals surface area contributed by atoms with Crippen LogP contribution in [0.4, 0.5) is 5.69 Å². The minimum absolute atomic E-state index is 0.0239. The van der Waals surface area contributed by atoms with Crippen molar-refractivity contribution < 1.29 is 23.9 Å². The molecule has 8 nitrogen and oxygen atoms in total. The molecule has 1 saturated heterocycles. The van der Waals surface area contributed by atoms with Gasteiger partial charge in [0.15, 0.2) is 6.61 Å². The fourth-order valence-corrected chi connectivity index (χ4v) is 2.80. The number of carbonyl (C=O) groups excluding carboxylic acids is 4. The van der Waals surface area contributed by atoms with E-state index in [1.165, 1.54) is 11.9 Å². The van der Waals surface area contributed by atoms with E-state index in [9.17, 15) is 19.2 Å². The summed E-state index contributed by atoms with van der Waals surface area (Å²) in [5.74, 6) is -1.41. The van der Waals surface area contributed by atoms with Gasteiger partial charge in [0.2, 0.25) is 11.8 Å². The standard InChI is InChI=1S/C20H27N3O5/c1-20(2,3)21-16(24)12-22(4)18(26)13-28-19(27)14-7-5-8-15(11-14)23-10-6-9-17(23)25/h5,7-8,11H,6,9-10,12-13H2,1-4H3,(H,21,24). The van der Waals surface area contributed by atoms with E-state index in [0.717, 1.165) is 6.42 Å². The van der Waals surface area contributed by atoms with Gasteiger partial charge >= 0.3 is 5.97 Å². The van der Waals surface area contributed by atoms with Gasteiger partial charge in [-0.2, -0.15) is 0 Å². The third-order valence-electron chi connectivity index (χ3n) is 4.11. The number of ether oxygens (including phenoxy) is 1. The average Bonchev–Trinajstić information content (AvgIpc) is 3.03. The Labute approximate surface area is 164 Å². The Morgan fingerprint density at radius 1 is 1.25 bits per heavy atom. The highest BCUT2D eigenvalue weighted by atomic mass is 16.5. The number of carbonyl (C=O) groups is 4. The second-order valence-electron chi connectivity index (χ2n) is 7.82. The first-order valence-electron chi connectivity index (χ1n) is 9.19. The minimum Gasteiger partial charge on any atom is -0.452 e. The monoisotopic (exact) mass is 389 g/mol. The number of nitrogens with one attached hydrogen (secondary N) is 1. The molecule has 1 heterocycles. The number of hydrogen-bond acceptors (Lipinski definition) is 5. The van der Waals surface area contributed by atoms with Crippen LogP contribution in [0, 0.1) is 0 Å². The van der Waals surface area contributed by atoms with E-state index in [1.807, 2.05) is 20.8 Å². The summed E-state index contributed by atoms with van der Waals surface area (Å²) in [4.78, 5) is 50.9. The smallest absolute Gasteiger partial charge is 0.338 e. The predicted molar refractivity (Wildman–Crippen MR) is 104 cm³/mol. The molecule has 0 atom stereocenters. The van der Waals surface area contributed by atoms with Crippen LogP contribution in [0.5, 0.6) is 0 Å².